The molecule has 1 rings (SSSR count). The van der Waals surface area contributed by atoms with Crippen LogP contribution < -0.4 is 5.32 Å². The summed E-state index contributed by atoms with van der Waals surface area (Å²) in [6.07, 6.45) is 2.54. The van der Waals surface area contributed by atoms with Gasteiger partial charge in [-0.15, -0.1) is 0 Å². The summed E-state index contributed by atoms with van der Waals surface area (Å²) in [5, 5.41) is 28.3. The van der Waals surface area contributed by atoms with Crippen LogP contribution in [0.3, 0.4) is 0 Å². The largest absolute Gasteiger partial charge is 0.349 e. The monoisotopic (exact) mass is 364 g/mol. The van der Waals surface area contributed by atoms with Crippen LogP contribution in [0, 0.1) is 20.2 Å². The van der Waals surface area contributed by atoms with E-state index < -0.39 is 39.2 Å². The lowest BCUT2D eigenvalue weighted by molar-refractivity contribution is -0.394. The first-order valence-electron chi connectivity index (χ1n) is 8.12. The van der Waals surface area contributed by atoms with Crippen LogP contribution in [-0.2, 0) is 0 Å². The molecule has 0 radical (unpaired) electrons. The molecule has 2 atom stereocenters. The average Bonchev–Trinajstić information content (AvgIpc) is 2.60. The summed E-state index contributed by atoms with van der Waals surface area (Å²) in [5.41, 5.74) is 7.44. The molecule has 0 aliphatic rings. The Morgan fingerprint density at radius 3 is 2.12 bits per heavy atom. The van der Waals surface area contributed by atoms with Crippen molar-refractivity contribution in [2.75, 3.05) is 0 Å². The molecule has 1 aromatic rings. The maximum atomic E-state index is 12.5. The second-order valence-corrected chi connectivity index (χ2v) is 5.68. The van der Waals surface area contributed by atoms with E-state index in [2.05, 4.69) is 15.3 Å². The molecule has 0 saturated heterocycles. The normalized spacial score (nSPS) is 12.5. The predicted molar refractivity (Wildman–Crippen MR) is 93.8 cm³/mol. The lowest BCUT2D eigenvalue weighted by Crippen LogP contribution is -2.42. The number of nitrogens with one attached hydrogen (secondary N) is 1. The number of nitro groups is 2. The molecular weight excluding hydrogens is 344 g/mol. The fraction of sp³-hybridized carbons (Fsp3) is 0.533. The minimum atomic E-state index is -0.798. The Morgan fingerprint density at radius 1 is 1.15 bits per heavy atom. The molecule has 0 aromatic heterocycles. The van der Waals surface area contributed by atoms with Gasteiger partial charge < -0.3 is 5.32 Å². The maximum Gasteiger partial charge on any atom is 0.277 e. The van der Waals surface area contributed by atoms with Gasteiger partial charge in [0.1, 0.15) is 0 Å². The number of carbonyl (C=O) groups excluding carboxylic acids is 1. The topological polar surface area (TPSA) is 164 Å². The fourth-order valence-electron chi connectivity index (χ4n) is 2.56. The third-order valence-corrected chi connectivity index (χ3v) is 3.75. The van der Waals surface area contributed by atoms with Crippen LogP contribution in [0.4, 0.5) is 11.4 Å². The van der Waals surface area contributed by atoms with Crippen LogP contribution in [-0.4, -0.2) is 27.8 Å². The van der Waals surface area contributed by atoms with E-state index in [1.807, 2.05) is 13.8 Å². The van der Waals surface area contributed by atoms with E-state index in [1.54, 1.807) is 0 Å². The number of hydrogen-bond donors (Lipinski definition) is 1. The Balaban J connectivity index is 3.17. The zero-order chi connectivity index (χ0) is 19.7. The van der Waals surface area contributed by atoms with Crippen LogP contribution in [0.1, 0.15) is 49.9 Å². The van der Waals surface area contributed by atoms with Crippen LogP contribution in [0.15, 0.2) is 23.3 Å². The zero-order valence-electron chi connectivity index (χ0n) is 14.5. The highest BCUT2D eigenvalue weighted by atomic mass is 16.6. The smallest absolute Gasteiger partial charge is 0.277 e. The Hall–Kier alpha value is -3.20. The second-order valence-electron chi connectivity index (χ2n) is 5.68. The van der Waals surface area contributed by atoms with Crippen molar-refractivity contribution in [1.82, 2.24) is 5.32 Å². The van der Waals surface area contributed by atoms with E-state index in [0.29, 0.717) is 19.3 Å². The van der Waals surface area contributed by atoms with Crippen LogP contribution >= 0.6 is 0 Å². The molecule has 140 valence electrons. The summed E-state index contributed by atoms with van der Waals surface area (Å²) >= 11 is 0. The van der Waals surface area contributed by atoms with Crippen molar-refractivity contribution in [3.05, 3.63) is 54.4 Å². The quantitative estimate of drug-likeness (QED) is 0.218. The number of benzene rings is 1. The van der Waals surface area contributed by atoms with Gasteiger partial charge in [0.25, 0.3) is 17.3 Å². The third-order valence-electron chi connectivity index (χ3n) is 3.75. The van der Waals surface area contributed by atoms with Gasteiger partial charge in [-0.05, 0) is 18.4 Å². The summed E-state index contributed by atoms with van der Waals surface area (Å²) in [6.45, 7) is 3.81. The van der Waals surface area contributed by atoms with E-state index in [0.717, 1.165) is 24.6 Å². The Kier molecular flexibility index (Phi) is 7.97. The summed E-state index contributed by atoms with van der Waals surface area (Å²) in [5.74, 6) is -0.690. The van der Waals surface area contributed by atoms with Crippen molar-refractivity contribution in [3.63, 3.8) is 0 Å². The molecule has 0 heterocycles. The Labute approximate surface area is 149 Å². The summed E-state index contributed by atoms with van der Waals surface area (Å²) in [7, 11) is 0. The molecule has 0 unspecified atom stereocenters. The number of hydrogen-bond acceptors (Lipinski definition) is 6. The molecule has 11 nitrogen and oxygen atoms in total. The molecule has 1 aromatic carbocycles. The van der Waals surface area contributed by atoms with Crippen molar-refractivity contribution < 1.29 is 14.6 Å². The molecule has 0 saturated carbocycles. The first-order valence-corrected chi connectivity index (χ1v) is 8.12. The number of nitro benzene ring substituents is 2. The molecule has 11 heteroatoms. The predicted octanol–water partition coefficient (Wildman–Crippen LogP) is 3.88. The Bertz CT molecular complexity index is 699. The van der Waals surface area contributed by atoms with Gasteiger partial charge in [0.05, 0.1) is 27.5 Å². The van der Waals surface area contributed by atoms with Gasteiger partial charge in [-0.25, -0.2) is 0 Å². The van der Waals surface area contributed by atoms with Gasteiger partial charge in [0.15, 0.2) is 0 Å². The number of carbonyl (C=O) groups is 1. The molecule has 26 heavy (non-hydrogen) atoms. The highest BCUT2D eigenvalue weighted by Gasteiger charge is 2.24. The molecule has 0 bridgehead atoms. The highest BCUT2D eigenvalue weighted by molar-refractivity contribution is 5.95. The highest BCUT2D eigenvalue weighted by Crippen LogP contribution is 2.23. The number of amides is 1. The van der Waals surface area contributed by atoms with Crippen molar-refractivity contribution in [1.29, 1.82) is 0 Å². The van der Waals surface area contributed by atoms with E-state index >= 15 is 0 Å². The summed E-state index contributed by atoms with van der Waals surface area (Å²) < 4.78 is 0. The van der Waals surface area contributed by atoms with Crippen molar-refractivity contribution >= 4 is 17.3 Å². The Morgan fingerprint density at radius 2 is 1.69 bits per heavy atom. The SMILES string of the molecule is CCC[C@H](N=[N+]=[N-])[C@H](CCC)NC(=O)c1cc([N+](=O)[O-])cc([N+](=O)[O-])c1. The summed E-state index contributed by atoms with van der Waals surface area (Å²) in [4.78, 5) is 35.6. The fourth-order valence-corrected chi connectivity index (χ4v) is 2.56. The maximum absolute atomic E-state index is 12.5. The van der Waals surface area contributed by atoms with Crippen LogP contribution in [0.2, 0.25) is 0 Å². The second kappa shape index (κ2) is 9.94. The zero-order valence-corrected chi connectivity index (χ0v) is 14.5. The van der Waals surface area contributed by atoms with Gasteiger partial charge in [0.2, 0.25) is 0 Å². The van der Waals surface area contributed by atoms with E-state index in [1.165, 1.54) is 0 Å². The number of non-ortho nitro benzene ring substituents is 2. The first kappa shape index (κ1) is 20.8. The van der Waals surface area contributed by atoms with Gasteiger partial charge in [-0.1, -0.05) is 31.8 Å². The molecule has 0 spiro atoms. The number of azide groups is 1. The molecule has 0 aliphatic carbocycles. The molecule has 1 N–H and O–H groups in total. The minimum Gasteiger partial charge on any atom is -0.349 e. The first-order chi connectivity index (χ1) is 12.3. The standard InChI is InChI=1S/C15H20N6O5/c1-3-5-13(14(6-4-2)18-19-16)17-15(22)10-7-11(20(23)24)9-12(8-10)21(25)26/h7-9,13-14H,3-6H2,1-2H3,(H,17,22)/t13-,14-/m0/s1. The lowest BCUT2D eigenvalue weighted by atomic mass is 9.99. The third kappa shape index (κ3) is 5.71. The molecular formula is C15H20N6O5. The lowest BCUT2D eigenvalue weighted by Gasteiger charge is -2.24. The average molecular weight is 364 g/mol. The van der Waals surface area contributed by atoms with E-state index in [-0.39, 0.29) is 5.56 Å². The van der Waals surface area contributed by atoms with Gasteiger partial charge in [-0.3, -0.25) is 25.0 Å². The molecule has 0 fully saturated rings. The summed E-state index contributed by atoms with van der Waals surface area (Å²) in [6, 6.07) is 1.81. The number of rotatable bonds is 10. The molecule has 0 aliphatic heterocycles. The van der Waals surface area contributed by atoms with Crippen molar-refractivity contribution in [2.45, 2.75) is 51.6 Å². The van der Waals surface area contributed by atoms with Crippen LogP contribution in [0.5, 0.6) is 0 Å². The van der Waals surface area contributed by atoms with Crippen molar-refractivity contribution in [2.24, 2.45) is 5.11 Å². The molecule has 1 amide bonds. The van der Waals surface area contributed by atoms with Gasteiger partial charge in [0, 0.05) is 23.1 Å². The minimum absolute atomic E-state index is 0.191. The van der Waals surface area contributed by atoms with Crippen LogP contribution in [0.25, 0.3) is 10.4 Å². The van der Waals surface area contributed by atoms with Crippen molar-refractivity contribution in [3.8, 4) is 0 Å². The van der Waals surface area contributed by atoms with E-state index in [4.69, 9.17) is 5.53 Å². The van der Waals surface area contributed by atoms with E-state index in [9.17, 15) is 25.0 Å². The van der Waals surface area contributed by atoms with Gasteiger partial charge >= 0.3 is 0 Å². The number of nitrogens with zero attached hydrogens (tertiary/aromatic N) is 5. The van der Waals surface area contributed by atoms with Gasteiger partial charge in [-0.2, -0.15) is 0 Å².